The van der Waals surface area contributed by atoms with E-state index in [4.69, 9.17) is 15.2 Å². The van der Waals surface area contributed by atoms with Gasteiger partial charge >= 0.3 is 5.97 Å². The van der Waals surface area contributed by atoms with E-state index in [9.17, 15) is 9.59 Å². The zero-order valence-corrected chi connectivity index (χ0v) is 19.0. The topological polar surface area (TPSA) is 128 Å². The third-order valence-electron chi connectivity index (χ3n) is 5.01. The number of benzene rings is 1. The number of nitrogens with zero attached hydrogens (tertiary/aromatic N) is 2. The molecule has 2 atom stereocenters. The van der Waals surface area contributed by atoms with E-state index in [1.165, 1.54) is 6.20 Å². The number of rotatable bonds is 7. The van der Waals surface area contributed by atoms with Gasteiger partial charge in [-0.15, -0.1) is 0 Å². The molecule has 3 rings (SSSR count). The Morgan fingerprint density at radius 1 is 1.25 bits per heavy atom. The Hall–Kier alpha value is -3.20. The number of ether oxygens (including phenoxy) is 2. The van der Waals surface area contributed by atoms with Gasteiger partial charge in [-0.05, 0) is 46.2 Å². The van der Waals surface area contributed by atoms with Crippen LogP contribution >= 0.6 is 0 Å². The van der Waals surface area contributed by atoms with Crippen LogP contribution in [0.15, 0.2) is 30.5 Å². The summed E-state index contributed by atoms with van der Waals surface area (Å²) in [5.41, 5.74) is 7.04. The Morgan fingerprint density at radius 2 is 1.97 bits per heavy atom. The molecule has 172 valence electrons. The Balaban J connectivity index is 1.76. The quantitative estimate of drug-likeness (QED) is 0.559. The van der Waals surface area contributed by atoms with E-state index >= 15 is 0 Å². The molecule has 9 heteroatoms. The number of anilines is 3. The number of carbonyl (C=O) groups is 2. The summed E-state index contributed by atoms with van der Waals surface area (Å²) in [6.07, 6.45) is 2.31. The standard InChI is InChI=1S/C23H31N5O4/c1-14-5-7-16(8-6-14)26-21-17(20(24)30)12-25-22(28-21)27-18-9-10-31-13-15(18)11-19(29)32-23(2,3)4/h5-8,12,15,18H,9-11,13H2,1-4H3,(H2,24,30)(H2,25,26,27,28)/t15-,18+/m0/s1. The first-order valence-corrected chi connectivity index (χ1v) is 10.7. The molecule has 0 saturated carbocycles. The van der Waals surface area contributed by atoms with Crippen molar-refractivity contribution in [1.29, 1.82) is 0 Å². The maximum atomic E-state index is 12.3. The first kappa shape index (κ1) is 23.5. The molecule has 1 saturated heterocycles. The van der Waals surface area contributed by atoms with Gasteiger partial charge in [-0.1, -0.05) is 17.7 Å². The fourth-order valence-electron chi connectivity index (χ4n) is 3.45. The van der Waals surface area contributed by atoms with Crippen molar-refractivity contribution in [3.8, 4) is 0 Å². The Kier molecular flexibility index (Phi) is 7.29. The number of primary amides is 1. The van der Waals surface area contributed by atoms with Crippen molar-refractivity contribution < 1.29 is 19.1 Å². The average Bonchev–Trinajstić information content (AvgIpc) is 2.70. The second-order valence-corrected chi connectivity index (χ2v) is 8.98. The molecule has 32 heavy (non-hydrogen) atoms. The van der Waals surface area contributed by atoms with Crippen molar-refractivity contribution in [3.63, 3.8) is 0 Å². The second-order valence-electron chi connectivity index (χ2n) is 8.98. The van der Waals surface area contributed by atoms with E-state index in [-0.39, 0.29) is 29.9 Å². The summed E-state index contributed by atoms with van der Waals surface area (Å²) in [7, 11) is 0. The molecule has 1 fully saturated rings. The van der Waals surface area contributed by atoms with Gasteiger partial charge in [0.05, 0.1) is 13.0 Å². The summed E-state index contributed by atoms with van der Waals surface area (Å²) < 4.78 is 11.0. The summed E-state index contributed by atoms with van der Waals surface area (Å²) in [5.74, 6) is -0.335. The summed E-state index contributed by atoms with van der Waals surface area (Å²) in [6, 6.07) is 7.61. The van der Waals surface area contributed by atoms with Gasteiger partial charge < -0.3 is 25.8 Å². The zero-order valence-electron chi connectivity index (χ0n) is 19.0. The third kappa shape index (κ3) is 6.65. The number of hydrogen-bond acceptors (Lipinski definition) is 8. The molecule has 0 spiro atoms. The molecule has 2 aromatic rings. The van der Waals surface area contributed by atoms with Crippen molar-refractivity contribution in [3.05, 3.63) is 41.6 Å². The maximum absolute atomic E-state index is 12.3. The van der Waals surface area contributed by atoms with Gasteiger partial charge in [0.2, 0.25) is 5.95 Å². The van der Waals surface area contributed by atoms with Gasteiger partial charge in [0.15, 0.2) is 0 Å². The van der Waals surface area contributed by atoms with Crippen LogP contribution < -0.4 is 16.4 Å². The average molecular weight is 442 g/mol. The number of aromatic nitrogens is 2. The van der Waals surface area contributed by atoms with Crippen LogP contribution in [0.1, 0.15) is 49.5 Å². The Labute approximate surface area is 188 Å². The number of carbonyl (C=O) groups excluding carboxylic acids is 2. The van der Waals surface area contributed by atoms with Crippen LogP contribution in [0, 0.1) is 12.8 Å². The molecule has 1 aromatic heterocycles. The normalized spacial score (nSPS) is 18.6. The molecule has 2 heterocycles. The Morgan fingerprint density at radius 3 is 2.62 bits per heavy atom. The van der Waals surface area contributed by atoms with Crippen LogP contribution in [-0.4, -0.2) is 46.7 Å². The third-order valence-corrected chi connectivity index (χ3v) is 5.01. The minimum atomic E-state index is -0.625. The number of nitrogens with two attached hydrogens (primary N) is 1. The van der Waals surface area contributed by atoms with Gasteiger partial charge in [-0.3, -0.25) is 9.59 Å². The predicted molar refractivity (Wildman–Crippen MR) is 122 cm³/mol. The van der Waals surface area contributed by atoms with Crippen molar-refractivity contribution in [2.24, 2.45) is 11.7 Å². The van der Waals surface area contributed by atoms with Crippen molar-refractivity contribution in [2.45, 2.75) is 52.2 Å². The number of nitrogens with one attached hydrogen (secondary N) is 2. The second kappa shape index (κ2) is 9.95. The van der Waals surface area contributed by atoms with Crippen LogP contribution in [0.5, 0.6) is 0 Å². The fourth-order valence-corrected chi connectivity index (χ4v) is 3.45. The fraction of sp³-hybridized carbons (Fsp3) is 0.478. The molecular formula is C23H31N5O4. The van der Waals surface area contributed by atoms with Gasteiger partial charge in [0.1, 0.15) is 17.0 Å². The lowest BCUT2D eigenvalue weighted by molar-refractivity contribution is -0.157. The maximum Gasteiger partial charge on any atom is 0.306 e. The lowest BCUT2D eigenvalue weighted by Crippen LogP contribution is -2.40. The molecule has 0 radical (unpaired) electrons. The van der Waals surface area contributed by atoms with E-state index in [2.05, 4.69) is 20.6 Å². The van der Waals surface area contributed by atoms with Crippen LogP contribution in [-0.2, 0) is 14.3 Å². The summed E-state index contributed by atoms with van der Waals surface area (Å²) in [5, 5.41) is 6.44. The minimum Gasteiger partial charge on any atom is -0.460 e. The molecular weight excluding hydrogens is 410 g/mol. The van der Waals surface area contributed by atoms with Crippen LogP contribution in [0.2, 0.25) is 0 Å². The Bertz CT molecular complexity index is 956. The van der Waals surface area contributed by atoms with Crippen LogP contribution in [0.4, 0.5) is 17.5 Å². The van der Waals surface area contributed by atoms with Crippen LogP contribution in [0.25, 0.3) is 0 Å². The number of esters is 1. The van der Waals surface area contributed by atoms with Crippen molar-refractivity contribution in [2.75, 3.05) is 23.8 Å². The molecule has 4 N–H and O–H groups in total. The first-order chi connectivity index (χ1) is 15.1. The highest BCUT2D eigenvalue weighted by Crippen LogP contribution is 2.25. The van der Waals surface area contributed by atoms with E-state index < -0.39 is 11.5 Å². The van der Waals surface area contributed by atoms with Crippen LogP contribution in [0.3, 0.4) is 0 Å². The van der Waals surface area contributed by atoms with Crippen molar-refractivity contribution in [1.82, 2.24) is 9.97 Å². The monoisotopic (exact) mass is 441 g/mol. The van der Waals surface area contributed by atoms with Gasteiger partial charge in [-0.2, -0.15) is 4.98 Å². The van der Waals surface area contributed by atoms with E-state index in [0.29, 0.717) is 31.4 Å². The molecule has 0 aliphatic carbocycles. The summed E-state index contributed by atoms with van der Waals surface area (Å²) in [6.45, 7) is 8.52. The summed E-state index contributed by atoms with van der Waals surface area (Å²) in [4.78, 5) is 32.9. The number of aryl methyl sites for hydroxylation is 1. The SMILES string of the molecule is Cc1ccc(Nc2nc(N[C@@H]3CCOC[C@@H]3CC(=O)OC(C)(C)C)ncc2C(N)=O)cc1. The van der Waals surface area contributed by atoms with E-state index in [0.717, 1.165) is 11.3 Å². The minimum absolute atomic E-state index is 0.0806. The largest absolute Gasteiger partial charge is 0.460 e. The lowest BCUT2D eigenvalue weighted by Gasteiger charge is -2.32. The highest BCUT2D eigenvalue weighted by atomic mass is 16.6. The smallest absolute Gasteiger partial charge is 0.306 e. The zero-order chi connectivity index (χ0) is 23.3. The van der Waals surface area contributed by atoms with Gasteiger partial charge in [-0.25, -0.2) is 4.98 Å². The number of amides is 1. The highest BCUT2D eigenvalue weighted by Gasteiger charge is 2.30. The predicted octanol–water partition coefficient (Wildman–Crippen LogP) is 3.18. The molecule has 1 aliphatic rings. The molecule has 1 amide bonds. The molecule has 1 aliphatic heterocycles. The van der Waals surface area contributed by atoms with Crippen molar-refractivity contribution >= 4 is 29.3 Å². The van der Waals surface area contributed by atoms with E-state index in [1.54, 1.807) is 0 Å². The molecule has 0 unspecified atom stereocenters. The number of hydrogen-bond donors (Lipinski definition) is 3. The first-order valence-electron chi connectivity index (χ1n) is 10.7. The van der Waals surface area contributed by atoms with Gasteiger partial charge in [0.25, 0.3) is 5.91 Å². The molecule has 9 nitrogen and oxygen atoms in total. The molecule has 1 aromatic carbocycles. The summed E-state index contributed by atoms with van der Waals surface area (Å²) >= 11 is 0. The lowest BCUT2D eigenvalue weighted by atomic mass is 9.92. The highest BCUT2D eigenvalue weighted by molar-refractivity contribution is 5.98. The van der Waals surface area contributed by atoms with Gasteiger partial charge in [0, 0.05) is 30.5 Å². The van der Waals surface area contributed by atoms with E-state index in [1.807, 2.05) is 52.0 Å². The molecule has 0 bridgehead atoms.